The number of fused-ring (bicyclic) bond motifs is 1. The molecule has 0 radical (unpaired) electrons. The summed E-state index contributed by atoms with van der Waals surface area (Å²) in [6.07, 6.45) is 11.4. The maximum Gasteiger partial charge on any atom is 0.216 e. The fourth-order valence-electron chi connectivity index (χ4n) is 4.94. The number of allylic oxidation sites excluding steroid dienone is 1. The Bertz CT molecular complexity index is 1540. The molecule has 2 aromatic heterocycles. The quantitative estimate of drug-likeness (QED) is 0.255. The van der Waals surface area contributed by atoms with Crippen molar-refractivity contribution in [2.75, 3.05) is 0 Å². The van der Waals surface area contributed by atoms with E-state index in [1.807, 2.05) is 24.3 Å². The lowest BCUT2D eigenvalue weighted by molar-refractivity contribution is 0.401. The highest BCUT2D eigenvalue weighted by molar-refractivity contribution is 6.01. The number of hydrogen-bond acceptors (Lipinski definition) is 2. The Morgan fingerprint density at radius 3 is 2.17 bits per heavy atom. The summed E-state index contributed by atoms with van der Waals surface area (Å²) in [5.41, 5.74) is 8.74. The molecule has 36 heavy (non-hydrogen) atoms. The summed E-state index contributed by atoms with van der Waals surface area (Å²) in [6, 6.07) is 29.2. The molecule has 1 aliphatic rings. The standard InChI is InChI=1S/C32H26FN3/c33-32-28-21-27(15-16-29(28)35-36-32)31(30(25-7-4-8-25)24-5-2-1-3-6-24)26-13-11-22(12-14-26)9-10-23-17-19-34-20-18-23/h1-3,5-6,9-21,25H,4,7-8H2,(H,35,36). The molecule has 3 aromatic carbocycles. The zero-order valence-corrected chi connectivity index (χ0v) is 19.9. The van der Waals surface area contributed by atoms with Gasteiger partial charge in [0.05, 0.1) is 10.9 Å². The molecular weight excluding hydrogens is 445 g/mol. The molecule has 0 aliphatic heterocycles. The highest BCUT2D eigenvalue weighted by atomic mass is 19.1. The molecule has 1 aliphatic carbocycles. The molecule has 0 unspecified atom stereocenters. The van der Waals surface area contributed by atoms with Gasteiger partial charge in [-0.3, -0.25) is 10.1 Å². The first-order valence-corrected chi connectivity index (χ1v) is 12.4. The minimum Gasteiger partial charge on any atom is -0.265 e. The third-order valence-corrected chi connectivity index (χ3v) is 7.04. The molecular formula is C32H26FN3. The van der Waals surface area contributed by atoms with E-state index >= 15 is 0 Å². The van der Waals surface area contributed by atoms with Crippen LogP contribution in [0.3, 0.4) is 0 Å². The van der Waals surface area contributed by atoms with Crippen molar-refractivity contribution < 1.29 is 4.39 Å². The highest BCUT2D eigenvalue weighted by Crippen LogP contribution is 2.45. The van der Waals surface area contributed by atoms with E-state index in [4.69, 9.17) is 0 Å². The first-order valence-electron chi connectivity index (χ1n) is 12.4. The third-order valence-electron chi connectivity index (χ3n) is 7.04. The number of pyridine rings is 1. The Hall–Kier alpha value is -4.31. The number of aromatic amines is 1. The van der Waals surface area contributed by atoms with Crippen molar-refractivity contribution in [2.24, 2.45) is 5.92 Å². The Morgan fingerprint density at radius 2 is 1.47 bits per heavy atom. The summed E-state index contributed by atoms with van der Waals surface area (Å²) in [5.74, 6) is 0.0891. The van der Waals surface area contributed by atoms with Crippen LogP contribution in [0, 0.1) is 11.9 Å². The van der Waals surface area contributed by atoms with E-state index in [0.717, 1.165) is 27.8 Å². The van der Waals surface area contributed by atoms with Gasteiger partial charge in [-0.2, -0.15) is 9.49 Å². The zero-order chi connectivity index (χ0) is 24.3. The summed E-state index contributed by atoms with van der Waals surface area (Å²) in [4.78, 5) is 4.08. The number of benzene rings is 3. The van der Waals surface area contributed by atoms with E-state index in [0.29, 0.717) is 16.8 Å². The van der Waals surface area contributed by atoms with Gasteiger partial charge in [0.25, 0.3) is 0 Å². The van der Waals surface area contributed by atoms with Gasteiger partial charge in [-0.25, -0.2) is 0 Å². The SMILES string of the molecule is Fc1[nH]nc2ccc(C(=C(c3ccccc3)C3CCC3)c3ccc(C=Cc4ccncc4)cc3)cc12. The van der Waals surface area contributed by atoms with Crippen molar-refractivity contribution in [3.63, 3.8) is 0 Å². The number of rotatable bonds is 6. The van der Waals surface area contributed by atoms with Gasteiger partial charge in [0, 0.05) is 12.4 Å². The summed E-state index contributed by atoms with van der Waals surface area (Å²) < 4.78 is 14.5. The number of nitrogens with one attached hydrogen (secondary N) is 1. The van der Waals surface area contributed by atoms with E-state index in [2.05, 4.69) is 88.0 Å². The van der Waals surface area contributed by atoms with Crippen molar-refractivity contribution in [1.29, 1.82) is 0 Å². The number of H-pyrrole nitrogens is 1. The van der Waals surface area contributed by atoms with Crippen LogP contribution in [0.1, 0.15) is 47.1 Å². The van der Waals surface area contributed by atoms with Gasteiger partial charge in [-0.1, -0.05) is 79.2 Å². The zero-order valence-electron chi connectivity index (χ0n) is 19.9. The maximum absolute atomic E-state index is 14.5. The fourth-order valence-corrected chi connectivity index (χ4v) is 4.94. The molecule has 176 valence electrons. The van der Waals surface area contributed by atoms with Crippen molar-refractivity contribution in [3.8, 4) is 0 Å². The molecule has 0 atom stereocenters. The van der Waals surface area contributed by atoms with Crippen molar-refractivity contribution in [1.82, 2.24) is 15.2 Å². The highest BCUT2D eigenvalue weighted by Gasteiger charge is 2.27. The second-order valence-electron chi connectivity index (χ2n) is 9.29. The lowest BCUT2D eigenvalue weighted by Gasteiger charge is -2.31. The van der Waals surface area contributed by atoms with E-state index in [1.54, 1.807) is 12.4 Å². The first kappa shape index (κ1) is 22.2. The fraction of sp³-hybridized carbons (Fsp3) is 0.125. The van der Waals surface area contributed by atoms with E-state index < -0.39 is 5.95 Å². The molecule has 6 rings (SSSR count). The second-order valence-corrected chi connectivity index (χ2v) is 9.29. The lowest BCUT2D eigenvalue weighted by Crippen LogP contribution is -2.15. The normalized spacial score (nSPS) is 14.7. The molecule has 1 saturated carbocycles. The van der Waals surface area contributed by atoms with Crippen LogP contribution in [0.15, 0.2) is 97.3 Å². The molecule has 1 N–H and O–H groups in total. The lowest BCUT2D eigenvalue weighted by atomic mass is 9.73. The Kier molecular flexibility index (Phi) is 6.00. The predicted octanol–water partition coefficient (Wildman–Crippen LogP) is 8.03. The predicted molar refractivity (Wildman–Crippen MR) is 145 cm³/mol. The summed E-state index contributed by atoms with van der Waals surface area (Å²) in [6.45, 7) is 0. The van der Waals surface area contributed by atoms with Gasteiger partial charge in [-0.05, 0) is 82.0 Å². The van der Waals surface area contributed by atoms with Gasteiger partial charge in [0.15, 0.2) is 0 Å². The summed E-state index contributed by atoms with van der Waals surface area (Å²) >= 11 is 0. The smallest absolute Gasteiger partial charge is 0.216 e. The van der Waals surface area contributed by atoms with Crippen molar-refractivity contribution >= 4 is 34.2 Å². The number of aromatic nitrogens is 3. The number of nitrogens with zero attached hydrogens (tertiary/aromatic N) is 2. The van der Waals surface area contributed by atoms with Gasteiger partial charge < -0.3 is 0 Å². The molecule has 2 heterocycles. The number of halogens is 1. The summed E-state index contributed by atoms with van der Waals surface area (Å²) in [5, 5.41) is 7.08. The third kappa shape index (κ3) is 4.38. The Morgan fingerprint density at radius 1 is 0.778 bits per heavy atom. The van der Waals surface area contributed by atoms with Crippen molar-refractivity contribution in [2.45, 2.75) is 19.3 Å². The Labute approximate surface area is 210 Å². The average molecular weight is 472 g/mol. The monoisotopic (exact) mass is 471 g/mol. The van der Waals surface area contributed by atoms with Crippen LogP contribution in [-0.4, -0.2) is 15.2 Å². The maximum atomic E-state index is 14.5. The topological polar surface area (TPSA) is 41.6 Å². The van der Waals surface area contributed by atoms with E-state index in [-0.39, 0.29) is 0 Å². The second kappa shape index (κ2) is 9.74. The molecule has 1 fully saturated rings. The van der Waals surface area contributed by atoms with Gasteiger partial charge in [-0.15, -0.1) is 0 Å². The van der Waals surface area contributed by atoms with Crippen LogP contribution < -0.4 is 0 Å². The molecule has 0 spiro atoms. The van der Waals surface area contributed by atoms with Gasteiger partial charge in [0.1, 0.15) is 0 Å². The largest absolute Gasteiger partial charge is 0.265 e. The van der Waals surface area contributed by atoms with Crippen molar-refractivity contribution in [3.05, 3.63) is 131 Å². The summed E-state index contributed by atoms with van der Waals surface area (Å²) in [7, 11) is 0. The molecule has 0 amide bonds. The van der Waals surface area contributed by atoms with Crippen LogP contribution in [0.4, 0.5) is 4.39 Å². The van der Waals surface area contributed by atoms with E-state index in [9.17, 15) is 4.39 Å². The van der Waals surface area contributed by atoms with E-state index in [1.165, 1.54) is 30.4 Å². The first-order chi connectivity index (χ1) is 17.8. The molecule has 0 bridgehead atoms. The minimum absolute atomic E-state index is 0.396. The van der Waals surface area contributed by atoms with Crippen LogP contribution >= 0.6 is 0 Å². The number of hydrogen-bond donors (Lipinski definition) is 1. The van der Waals surface area contributed by atoms with Gasteiger partial charge in [0.2, 0.25) is 5.95 Å². The van der Waals surface area contributed by atoms with Crippen LogP contribution in [0.2, 0.25) is 0 Å². The average Bonchev–Trinajstić information content (AvgIpc) is 3.28. The molecule has 5 aromatic rings. The molecule has 4 heteroatoms. The Balaban J connectivity index is 1.49. The molecule has 3 nitrogen and oxygen atoms in total. The van der Waals surface area contributed by atoms with Crippen LogP contribution in [0.5, 0.6) is 0 Å². The minimum atomic E-state index is -0.396. The van der Waals surface area contributed by atoms with Crippen LogP contribution in [0.25, 0.3) is 34.2 Å². The van der Waals surface area contributed by atoms with Gasteiger partial charge >= 0.3 is 0 Å². The van der Waals surface area contributed by atoms with Crippen LogP contribution in [-0.2, 0) is 0 Å². The molecule has 0 saturated heterocycles.